The summed E-state index contributed by atoms with van der Waals surface area (Å²) in [5, 5.41) is 6.32. The number of anilines is 2. The van der Waals surface area contributed by atoms with Gasteiger partial charge >= 0.3 is 0 Å². The Balaban J connectivity index is 1.86. The van der Waals surface area contributed by atoms with Gasteiger partial charge in [-0.3, -0.25) is 4.79 Å². The lowest BCUT2D eigenvalue weighted by Gasteiger charge is -2.28. The fourth-order valence-electron chi connectivity index (χ4n) is 2.31. The quantitative estimate of drug-likeness (QED) is 0.858. The van der Waals surface area contributed by atoms with E-state index in [0.717, 1.165) is 36.4 Å². The molecule has 1 aliphatic carbocycles. The second kappa shape index (κ2) is 4.52. The van der Waals surface area contributed by atoms with E-state index in [9.17, 15) is 4.79 Å². The number of carbonyl (C=O) groups is 1. The molecule has 1 fully saturated rings. The van der Waals surface area contributed by atoms with Crippen molar-refractivity contribution in [3.63, 3.8) is 0 Å². The predicted octanol–water partition coefficient (Wildman–Crippen LogP) is 2.62. The number of hydrogen-bond acceptors (Lipinski definition) is 3. The maximum Gasteiger partial charge on any atom is 0.247 e. The largest absolute Gasteiger partial charge is 0.491 e. The van der Waals surface area contributed by atoms with Crippen LogP contribution < -0.4 is 15.4 Å². The number of amides is 1. The van der Waals surface area contributed by atoms with Crippen LogP contribution in [0.5, 0.6) is 5.75 Å². The zero-order valence-electron chi connectivity index (χ0n) is 10.5. The van der Waals surface area contributed by atoms with Crippen molar-refractivity contribution in [3.05, 3.63) is 18.2 Å². The van der Waals surface area contributed by atoms with Gasteiger partial charge in [0.15, 0.2) is 0 Å². The number of nitrogens with one attached hydrogen (secondary N) is 2. The first-order valence-electron chi connectivity index (χ1n) is 6.63. The third-order valence-electron chi connectivity index (χ3n) is 3.42. The van der Waals surface area contributed by atoms with Gasteiger partial charge in [-0.25, -0.2) is 0 Å². The van der Waals surface area contributed by atoms with E-state index in [1.165, 1.54) is 0 Å². The molecule has 4 nitrogen and oxygen atoms in total. The molecule has 1 aromatic carbocycles. The molecule has 1 unspecified atom stereocenters. The van der Waals surface area contributed by atoms with Crippen molar-refractivity contribution in [1.82, 2.24) is 0 Å². The van der Waals surface area contributed by atoms with Gasteiger partial charge in [0.25, 0.3) is 0 Å². The van der Waals surface area contributed by atoms with Gasteiger partial charge in [-0.05, 0) is 37.3 Å². The highest BCUT2D eigenvalue weighted by Crippen LogP contribution is 2.41. The Hall–Kier alpha value is -1.71. The van der Waals surface area contributed by atoms with E-state index in [1.54, 1.807) is 0 Å². The van der Waals surface area contributed by atoms with Crippen LogP contribution in [0.15, 0.2) is 18.2 Å². The zero-order valence-corrected chi connectivity index (χ0v) is 10.5. The molecule has 1 amide bonds. The number of benzene rings is 1. The second-order valence-corrected chi connectivity index (χ2v) is 4.98. The highest BCUT2D eigenvalue weighted by Gasteiger charge is 2.39. The first-order valence-corrected chi connectivity index (χ1v) is 6.63. The van der Waals surface area contributed by atoms with Gasteiger partial charge in [-0.2, -0.15) is 0 Å². The lowest BCUT2D eigenvalue weighted by molar-refractivity contribution is -0.117. The molecule has 1 aliphatic heterocycles. The Morgan fingerprint density at radius 3 is 2.94 bits per heavy atom. The number of hydrogen-bond donors (Lipinski definition) is 2. The summed E-state index contributed by atoms with van der Waals surface area (Å²) >= 11 is 0. The van der Waals surface area contributed by atoms with Crippen molar-refractivity contribution in [2.45, 2.75) is 32.2 Å². The lowest BCUT2D eigenvalue weighted by atomic mass is 10.1. The van der Waals surface area contributed by atoms with Crippen LogP contribution >= 0.6 is 0 Å². The van der Waals surface area contributed by atoms with Crippen molar-refractivity contribution >= 4 is 17.3 Å². The standard InChI is InChI=1S/C14H18N2O2/c1-2-8-18-11-5-3-4-10-13(11)16-14(17)12(15-10)9-6-7-9/h3-5,9,12,15H,2,6-8H2,1H3,(H,16,17). The number of para-hydroxylation sites is 1. The molecule has 4 heteroatoms. The molecule has 0 saturated heterocycles. The molecule has 1 saturated carbocycles. The molecule has 2 aliphatic rings. The van der Waals surface area contributed by atoms with Crippen LogP contribution in [-0.4, -0.2) is 18.6 Å². The Kier molecular flexibility index (Phi) is 2.86. The number of fused-ring (bicyclic) bond motifs is 1. The van der Waals surface area contributed by atoms with Gasteiger partial charge in [-0.15, -0.1) is 0 Å². The lowest BCUT2D eigenvalue weighted by Crippen LogP contribution is -2.40. The monoisotopic (exact) mass is 246 g/mol. The SMILES string of the molecule is CCCOc1cccc2c1NC(=O)C(C1CC1)N2. The van der Waals surface area contributed by atoms with Gasteiger partial charge in [0.05, 0.1) is 12.3 Å². The van der Waals surface area contributed by atoms with E-state index in [4.69, 9.17) is 4.74 Å². The van der Waals surface area contributed by atoms with E-state index >= 15 is 0 Å². The van der Waals surface area contributed by atoms with Crippen LogP contribution in [0.3, 0.4) is 0 Å². The molecule has 3 rings (SSSR count). The van der Waals surface area contributed by atoms with E-state index in [0.29, 0.717) is 12.5 Å². The van der Waals surface area contributed by atoms with Gasteiger partial charge in [0.1, 0.15) is 17.5 Å². The number of ether oxygens (including phenoxy) is 1. The summed E-state index contributed by atoms with van der Waals surface area (Å²) in [6.45, 7) is 2.73. The molecule has 0 radical (unpaired) electrons. The summed E-state index contributed by atoms with van der Waals surface area (Å²) in [6.07, 6.45) is 3.24. The zero-order chi connectivity index (χ0) is 12.5. The normalized spacial score (nSPS) is 21.8. The average Bonchev–Trinajstić information content (AvgIpc) is 3.20. The maximum atomic E-state index is 12.0. The van der Waals surface area contributed by atoms with Crippen LogP contribution in [-0.2, 0) is 4.79 Å². The van der Waals surface area contributed by atoms with E-state index in [-0.39, 0.29) is 11.9 Å². The summed E-state index contributed by atoms with van der Waals surface area (Å²) in [4.78, 5) is 12.0. The Bertz CT molecular complexity index is 469. The maximum absolute atomic E-state index is 12.0. The molecule has 1 aromatic rings. The Morgan fingerprint density at radius 2 is 2.22 bits per heavy atom. The van der Waals surface area contributed by atoms with Gasteiger partial charge in [0.2, 0.25) is 5.91 Å². The van der Waals surface area contributed by atoms with Crippen LogP contribution in [0.1, 0.15) is 26.2 Å². The highest BCUT2D eigenvalue weighted by molar-refractivity contribution is 6.04. The first kappa shape index (κ1) is 11.4. The minimum atomic E-state index is -0.0704. The van der Waals surface area contributed by atoms with Gasteiger partial charge in [-0.1, -0.05) is 13.0 Å². The van der Waals surface area contributed by atoms with Crippen molar-refractivity contribution in [1.29, 1.82) is 0 Å². The number of rotatable bonds is 4. The Labute approximate surface area is 107 Å². The molecule has 96 valence electrons. The minimum absolute atomic E-state index is 0.0672. The smallest absolute Gasteiger partial charge is 0.247 e. The fraction of sp³-hybridized carbons (Fsp3) is 0.500. The summed E-state index contributed by atoms with van der Waals surface area (Å²) in [7, 11) is 0. The fourth-order valence-corrected chi connectivity index (χ4v) is 2.31. The molecule has 2 N–H and O–H groups in total. The summed E-state index contributed by atoms with van der Waals surface area (Å²) in [5.41, 5.74) is 1.76. The Morgan fingerprint density at radius 1 is 1.39 bits per heavy atom. The van der Waals surface area contributed by atoms with Crippen LogP contribution in [0.4, 0.5) is 11.4 Å². The third-order valence-corrected chi connectivity index (χ3v) is 3.42. The van der Waals surface area contributed by atoms with E-state index < -0.39 is 0 Å². The molecule has 0 aromatic heterocycles. The summed E-state index contributed by atoms with van der Waals surface area (Å²) < 4.78 is 5.66. The van der Waals surface area contributed by atoms with Crippen LogP contribution in [0.2, 0.25) is 0 Å². The van der Waals surface area contributed by atoms with E-state index in [1.807, 2.05) is 18.2 Å². The number of carbonyl (C=O) groups excluding carboxylic acids is 1. The third kappa shape index (κ3) is 2.03. The molecule has 1 heterocycles. The predicted molar refractivity (Wildman–Crippen MR) is 71.0 cm³/mol. The van der Waals surface area contributed by atoms with E-state index in [2.05, 4.69) is 17.6 Å². The summed E-state index contributed by atoms with van der Waals surface area (Å²) in [6, 6.07) is 5.77. The molecule has 0 spiro atoms. The second-order valence-electron chi connectivity index (χ2n) is 4.98. The van der Waals surface area contributed by atoms with Gasteiger partial charge < -0.3 is 15.4 Å². The molecule has 0 bridgehead atoms. The summed E-state index contributed by atoms with van der Waals surface area (Å²) in [5.74, 6) is 1.32. The molecule has 18 heavy (non-hydrogen) atoms. The van der Waals surface area contributed by atoms with Crippen molar-refractivity contribution in [3.8, 4) is 5.75 Å². The average molecular weight is 246 g/mol. The first-order chi connectivity index (χ1) is 8.79. The molecular weight excluding hydrogens is 228 g/mol. The van der Waals surface area contributed by atoms with Crippen molar-refractivity contribution in [2.24, 2.45) is 5.92 Å². The minimum Gasteiger partial charge on any atom is -0.491 e. The van der Waals surface area contributed by atoms with Crippen molar-refractivity contribution in [2.75, 3.05) is 17.2 Å². The molecule has 1 atom stereocenters. The van der Waals surface area contributed by atoms with Crippen LogP contribution in [0.25, 0.3) is 0 Å². The van der Waals surface area contributed by atoms with Crippen LogP contribution in [0, 0.1) is 5.92 Å². The molecular formula is C14H18N2O2. The van der Waals surface area contributed by atoms with Crippen molar-refractivity contribution < 1.29 is 9.53 Å². The highest BCUT2D eigenvalue weighted by atomic mass is 16.5. The van der Waals surface area contributed by atoms with Gasteiger partial charge in [0, 0.05) is 0 Å². The topological polar surface area (TPSA) is 50.4 Å².